The Labute approximate surface area is 169 Å². The maximum atomic E-state index is 12.2. The maximum absolute atomic E-state index is 12.2. The molecule has 146 valence electrons. The van der Waals surface area contributed by atoms with Crippen molar-refractivity contribution in [3.8, 4) is 11.9 Å². The first-order chi connectivity index (χ1) is 13.2. The van der Waals surface area contributed by atoms with E-state index >= 15 is 0 Å². The fraction of sp³-hybridized carbons (Fsp3) is 0.650. The fourth-order valence-electron chi connectivity index (χ4n) is 3.53. The zero-order valence-electron chi connectivity index (χ0n) is 15.6. The SMILES string of the molecule is N#Cc1ccc(OC2CCC(NC(=O)CCCCC3CCSS3)CC2)nc1. The summed E-state index contributed by atoms with van der Waals surface area (Å²) in [5, 5.41) is 12.8. The smallest absolute Gasteiger partial charge is 0.220 e. The molecule has 1 unspecified atom stereocenters. The van der Waals surface area contributed by atoms with Crippen molar-refractivity contribution in [2.24, 2.45) is 0 Å². The van der Waals surface area contributed by atoms with E-state index in [9.17, 15) is 4.79 Å². The highest BCUT2D eigenvalue weighted by Gasteiger charge is 2.24. The van der Waals surface area contributed by atoms with E-state index in [4.69, 9.17) is 10.00 Å². The second-order valence-electron chi connectivity index (χ2n) is 7.23. The third-order valence-corrected chi connectivity index (χ3v) is 8.11. The summed E-state index contributed by atoms with van der Waals surface area (Å²) in [5.74, 6) is 2.05. The standard InChI is InChI=1S/C20H27N3O2S2/c21-13-15-5-10-20(22-14-15)25-17-8-6-16(7-9-17)23-19(24)4-2-1-3-18-11-12-26-27-18/h5,10,14,16-18H,1-4,6-9,11-12H2,(H,23,24). The number of pyridine rings is 1. The van der Waals surface area contributed by atoms with Gasteiger partial charge in [-0.15, -0.1) is 0 Å². The van der Waals surface area contributed by atoms with Crippen molar-refractivity contribution in [2.75, 3.05) is 5.75 Å². The largest absolute Gasteiger partial charge is 0.474 e. The Morgan fingerprint density at radius 3 is 2.78 bits per heavy atom. The first-order valence-corrected chi connectivity index (χ1v) is 12.2. The summed E-state index contributed by atoms with van der Waals surface area (Å²) in [5.41, 5.74) is 0.537. The second kappa shape index (κ2) is 10.8. The van der Waals surface area contributed by atoms with Crippen LogP contribution in [0.25, 0.3) is 0 Å². The molecule has 5 nitrogen and oxygen atoms in total. The van der Waals surface area contributed by atoms with E-state index in [-0.39, 0.29) is 18.1 Å². The molecular weight excluding hydrogens is 378 g/mol. The molecule has 1 aliphatic carbocycles. The average molecular weight is 406 g/mol. The van der Waals surface area contributed by atoms with Crippen LogP contribution in [-0.4, -0.2) is 34.0 Å². The average Bonchev–Trinajstić information content (AvgIpc) is 3.21. The van der Waals surface area contributed by atoms with Crippen molar-refractivity contribution < 1.29 is 9.53 Å². The van der Waals surface area contributed by atoms with Gasteiger partial charge in [-0.1, -0.05) is 28.0 Å². The summed E-state index contributed by atoms with van der Waals surface area (Å²) in [7, 11) is 4.00. The van der Waals surface area contributed by atoms with E-state index < -0.39 is 0 Å². The zero-order chi connectivity index (χ0) is 18.9. The quantitative estimate of drug-likeness (QED) is 0.508. The van der Waals surface area contributed by atoms with Crippen LogP contribution in [0.15, 0.2) is 18.3 Å². The number of nitriles is 1. The van der Waals surface area contributed by atoms with Crippen molar-refractivity contribution in [1.29, 1.82) is 5.26 Å². The summed E-state index contributed by atoms with van der Waals surface area (Å²) in [6.07, 6.45) is 10.8. The molecule has 2 heterocycles. The van der Waals surface area contributed by atoms with Crippen molar-refractivity contribution in [3.63, 3.8) is 0 Å². The number of hydrogen-bond acceptors (Lipinski definition) is 6. The molecule has 1 amide bonds. The lowest BCUT2D eigenvalue weighted by Gasteiger charge is -2.29. The van der Waals surface area contributed by atoms with E-state index in [1.807, 2.05) is 21.6 Å². The van der Waals surface area contributed by atoms with Crippen molar-refractivity contribution >= 4 is 27.5 Å². The Balaban J connectivity index is 1.28. The fourth-order valence-corrected chi connectivity index (χ4v) is 6.56. The topological polar surface area (TPSA) is 75.0 Å². The van der Waals surface area contributed by atoms with Gasteiger partial charge in [0.05, 0.1) is 5.56 Å². The first kappa shape index (κ1) is 20.3. The molecule has 7 heteroatoms. The van der Waals surface area contributed by atoms with E-state index in [2.05, 4.69) is 16.4 Å². The highest BCUT2D eigenvalue weighted by atomic mass is 33.1. The molecule has 2 fully saturated rings. The summed E-state index contributed by atoms with van der Waals surface area (Å²) < 4.78 is 5.90. The number of hydrogen-bond donors (Lipinski definition) is 1. The molecule has 0 spiro atoms. The summed E-state index contributed by atoms with van der Waals surface area (Å²) in [6.45, 7) is 0. The third kappa shape index (κ3) is 6.93. The Kier molecular flexibility index (Phi) is 8.15. The molecule has 1 saturated carbocycles. The molecule has 1 aromatic rings. The van der Waals surface area contributed by atoms with Crippen molar-refractivity contribution in [2.45, 2.75) is 75.2 Å². The molecule has 1 aromatic heterocycles. The van der Waals surface area contributed by atoms with Gasteiger partial charge in [-0.2, -0.15) is 5.26 Å². The van der Waals surface area contributed by atoms with Crippen LogP contribution in [0.5, 0.6) is 5.88 Å². The van der Waals surface area contributed by atoms with E-state index in [1.165, 1.54) is 24.8 Å². The molecule has 1 N–H and O–H groups in total. The minimum atomic E-state index is 0.139. The predicted octanol–water partition coefficient (Wildman–Crippen LogP) is 4.47. The number of nitrogens with one attached hydrogen (secondary N) is 1. The van der Waals surface area contributed by atoms with Crippen LogP contribution in [0.1, 0.15) is 63.4 Å². The van der Waals surface area contributed by atoms with Gasteiger partial charge in [-0.05, 0) is 51.0 Å². The predicted molar refractivity (Wildman–Crippen MR) is 111 cm³/mol. The Morgan fingerprint density at radius 1 is 1.26 bits per heavy atom. The number of rotatable bonds is 8. The van der Waals surface area contributed by atoms with Crippen LogP contribution >= 0.6 is 21.6 Å². The van der Waals surface area contributed by atoms with E-state index in [1.54, 1.807) is 12.1 Å². The molecule has 1 atom stereocenters. The molecule has 2 aliphatic rings. The minimum absolute atomic E-state index is 0.139. The number of ether oxygens (including phenoxy) is 1. The van der Waals surface area contributed by atoms with Crippen LogP contribution in [0.2, 0.25) is 0 Å². The highest BCUT2D eigenvalue weighted by Crippen LogP contribution is 2.39. The number of amides is 1. The van der Waals surface area contributed by atoms with E-state index in [0.29, 0.717) is 17.9 Å². The Hall–Kier alpha value is -1.39. The third-order valence-electron chi connectivity index (χ3n) is 5.10. The van der Waals surface area contributed by atoms with Crippen molar-refractivity contribution in [1.82, 2.24) is 10.3 Å². The van der Waals surface area contributed by atoms with Gasteiger partial charge in [0.2, 0.25) is 11.8 Å². The Morgan fingerprint density at radius 2 is 2.11 bits per heavy atom. The van der Waals surface area contributed by atoms with Crippen LogP contribution in [0.3, 0.4) is 0 Å². The summed E-state index contributed by atoms with van der Waals surface area (Å²) in [4.78, 5) is 16.3. The number of carbonyl (C=O) groups is 1. The number of unbranched alkanes of at least 4 members (excludes halogenated alkanes) is 1. The maximum Gasteiger partial charge on any atom is 0.220 e. The van der Waals surface area contributed by atoms with Crippen molar-refractivity contribution in [3.05, 3.63) is 23.9 Å². The van der Waals surface area contributed by atoms with Crippen LogP contribution in [0.4, 0.5) is 0 Å². The zero-order valence-corrected chi connectivity index (χ0v) is 17.2. The second-order valence-corrected chi connectivity index (χ2v) is 10.0. The number of aromatic nitrogens is 1. The number of carbonyl (C=O) groups excluding carboxylic acids is 1. The lowest BCUT2D eigenvalue weighted by atomic mass is 9.93. The van der Waals surface area contributed by atoms with Gasteiger partial charge < -0.3 is 10.1 Å². The van der Waals surface area contributed by atoms with Gasteiger partial charge >= 0.3 is 0 Å². The highest BCUT2D eigenvalue weighted by molar-refractivity contribution is 8.77. The Bertz CT molecular complexity index is 634. The lowest BCUT2D eigenvalue weighted by Crippen LogP contribution is -2.39. The van der Waals surface area contributed by atoms with Gasteiger partial charge in [0, 0.05) is 35.7 Å². The molecule has 0 aromatic carbocycles. The molecule has 27 heavy (non-hydrogen) atoms. The molecule has 0 radical (unpaired) electrons. The van der Waals surface area contributed by atoms with Gasteiger partial charge in [0.1, 0.15) is 12.2 Å². The summed E-state index contributed by atoms with van der Waals surface area (Å²) >= 11 is 0. The monoisotopic (exact) mass is 405 g/mol. The van der Waals surface area contributed by atoms with E-state index in [0.717, 1.165) is 43.8 Å². The lowest BCUT2D eigenvalue weighted by molar-refractivity contribution is -0.122. The first-order valence-electron chi connectivity index (χ1n) is 9.83. The van der Waals surface area contributed by atoms with Crippen LogP contribution in [0, 0.1) is 11.3 Å². The minimum Gasteiger partial charge on any atom is -0.474 e. The van der Waals surface area contributed by atoms with Crippen LogP contribution < -0.4 is 10.1 Å². The van der Waals surface area contributed by atoms with Gasteiger partial charge in [0.15, 0.2) is 0 Å². The molecule has 1 saturated heterocycles. The number of nitrogens with zero attached hydrogens (tertiary/aromatic N) is 2. The molecule has 1 aliphatic heterocycles. The molecule has 3 rings (SSSR count). The molecular formula is C20H27N3O2S2. The normalized spacial score (nSPS) is 24.9. The van der Waals surface area contributed by atoms with Crippen LogP contribution in [-0.2, 0) is 4.79 Å². The molecule has 0 bridgehead atoms. The van der Waals surface area contributed by atoms with Gasteiger partial charge in [0.25, 0.3) is 0 Å². The van der Waals surface area contributed by atoms with Gasteiger partial charge in [-0.25, -0.2) is 4.98 Å². The summed E-state index contributed by atoms with van der Waals surface area (Å²) in [6, 6.07) is 5.79. The van der Waals surface area contributed by atoms with Gasteiger partial charge in [-0.3, -0.25) is 4.79 Å².